The second kappa shape index (κ2) is 4.76. The molecule has 0 amide bonds. The Labute approximate surface area is 100 Å². The lowest BCUT2D eigenvalue weighted by Crippen LogP contribution is -2.13. The van der Waals surface area contributed by atoms with E-state index in [0.29, 0.717) is 4.90 Å². The highest BCUT2D eigenvalue weighted by molar-refractivity contribution is 9.10. The van der Waals surface area contributed by atoms with Crippen LogP contribution in [0.25, 0.3) is 0 Å². The summed E-state index contributed by atoms with van der Waals surface area (Å²) < 4.78 is 0. The quantitative estimate of drug-likeness (QED) is 0.306. The van der Waals surface area contributed by atoms with E-state index in [1.54, 1.807) is 13.0 Å². The van der Waals surface area contributed by atoms with Crippen LogP contribution < -0.4 is 0 Å². The number of nitrogens with zero attached hydrogens (tertiary/aromatic N) is 1. The SMILES string of the molecule is CC(Br)C(=O)c1c(S)cccc1[N+](=O)[O-]. The maximum atomic E-state index is 11.7. The van der Waals surface area contributed by atoms with Crippen LogP contribution in [0.1, 0.15) is 17.3 Å². The van der Waals surface area contributed by atoms with E-state index in [1.807, 2.05) is 0 Å². The van der Waals surface area contributed by atoms with E-state index < -0.39 is 9.75 Å². The highest BCUT2D eigenvalue weighted by atomic mass is 79.9. The molecule has 0 saturated carbocycles. The number of nitro groups is 1. The zero-order valence-corrected chi connectivity index (χ0v) is 10.3. The summed E-state index contributed by atoms with van der Waals surface area (Å²) in [6, 6.07) is 4.34. The van der Waals surface area contributed by atoms with E-state index in [1.165, 1.54) is 12.1 Å². The van der Waals surface area contributed by atoms with Crippen LogP contribution in [0.2, 0.25) is 0 Å². The van der Waals surface area contributed by atoms with Crippen molar-refractivity contribution in [2.75, 3.05) is 0 Å². The molecule has 1 atom stereocenters. The van der Waals surface area contributed by atoms with Crippen LogP contribution in [0.15, 0.2) is 23.1 Å². The van der Waals surface area contributed by atoms with Gasteiger partial charge in [-0.05, 0) is 13.0 Å². The fourth-order valence-electron chi connectivity index (χ4n) is 1.13. The number of Topliss-reactive ketones (excluding diaryl/α,β-unsaturated/α-hetero) is 1. The first-order chi connectivity index (χ1) is 6.95. The molecule has 80 valence electrons. The van der Waals surface area contributed by atoms with Gasteiger partial charge in [0.05, 0.1) is 9.75 Å². The molecule has 1 rings (SSSR count). The molecule has 0 spiro atoms. The maximum Gasteiger partial charge on any atom is 0.281 e. The zero-order chi connectivity index (χ0) is 11.6. The van der Waals surface area contributed by atoms with Gasteiger partial charge in [0.2, 0.25) is 0 Å². The number of nitro benzene ring substituents is 1. The molecule has 4 nitrogen and oxygen atoms in total. The summed E-state index contributed by atoms with van der Waals surface area (Å²) in [6.07, 6.45) is 0. The highest BCUT2D eigenvalue weighted by Gasteiger charge is 2.24. The maximum absolute atomic E-state index is 11.7. The number of hydrogen-bond donors (Lipinski definition) is 1. The lowest BCUT2D eigenvalue weighted by molar-refractivity contribution is -0.385. The van der Waals surface area contributed by atoms with Crippen molar-refractivity contribution in [1.29, 1.82) is 0 Å². The summed E-state index contributed by atoms with van der Waals surface area (Å²) in [5.74, 6) is -0.340. The number of carbonyl (C=O) groups excluding carboxylic acids is 1. The Hall–Kier alpha value is -0.880. The molecule has 0 aliphatic rings. The minimum atomic E-state index is -0.581. The third-order valence-corrected chi connectivity index (χ3v) is 2.61. The molecule has 6 heteroatoms. The molecule has 0 aliphatic carbocycles. The van der Waals surface area contributed by atoms with Crippen molar-refractivity contribution in [3.05, 3.63) is 33.9 Å². The van der Waals surface area contributed by atoms with Crippen LogP contribution in [0.4, 0.5) is 5.69 Å². The van der Waals surface area contributed by atoms with Gasteiger partial charge in [-0.15, -0.1) is 12.6 Å². The Balaban J connectivity index is 3.37. The molecule has 1 aromatic carbocycles. The van der Waals surface area contributed by atoms with Crippen molar-refractivity contribution in [2.45, 2.75) is 16.6 Å². The van der Waals surface area contributed by atoms with Gasteiger partial charge in [-0.1, -0.05) is 22.0 Å². The molecule has 15 heavy (non-hydrogen) atoms. The Kier molecular flexibility index (Phi) is 3.87. The minimum absolute atomic E-state index is 0.0511. The predicted octanol–water partition coefficient (Wildman–Crippen LogP) is 2.85. The molecule has 0 aromatic heterocycles. The smallest absolute Gasteiger partial charge is 0.281 e. The predicted molar refractivity (Wildman–Crippen MR) is 63.1 cm³/mol. The molecule has 1 aromatic rings. The fourth-order valence-corrected chi connectivity index (χ4v) is 1.67. The van der Waals surface area contributed by atoms with E-state index in [0.717, 1.165) is 0 Å². The Morgan fingerprint density at radius 1 is 1.60 bits per heavy atom. The number of hydrogen-bond acceptors (Lipinski definition) is 4. The third kappa shape index (κ3) is 2.57. The fraction of sp³-hybridized carbons (Fsp3) is 0.222. The minimum Gasteiger partial charge on any atom is -0.293 e. The Morgan fingerprint density at radius 3 is 2.67 bits per heavy atom. The van der Waals surface area contributed by atoms with E-state index in [2.05, 4.69) is 28.6 Å². The second-order valence-electron chi connectivity index (χ2n) is 2.91. The topological polar surface area (TPSA) is 60.2 Å². The molecular formula is C9H8BrNO3S. The molecule has 1 unspecified atom stereocenters. The van der Waals surface area contributed by atoms with Crippen LogP contribution in [-0.2, 0) is 0 Å². The number of halogens is 1. The summed E-state index contributed by atoms with van der Waals surface area (Å²) in [6.45, 7) is 1.62. The number of rotatable bonds is 3. The van der Waals surface area contributed by atoms with Gasteiger partial charge in [0.25, 0.3) is 5.69 Å². The van der Waals surface area contributed by atoms with Crippen LogP contribution in [0.5, 0.6) is 0 Å². The summed E-state index contributed by atoms with van der Waals surface area (Å²) in [4.78, 5) is 21.7. The van der Waals surface area contributed by atoms with Crippen molar-refractivity contribution >= 4 is 40.0 Å². The first-order valence-electron chi connectivity index (χ1n) is 4.09. The van der Waals surface area contributed by atoms with Gasteiger partial charge in [0.1, 0.15) is 5.56 Å². The average molecular weight is 290 g/mol. The molecule has 0 aliphatic heterocycles. The first-order valence-corrected chi connectivity index (χ1v) is 5.46. The number of thiol groups is 1. The van der Waals surface area contributed by atoms with E-state index >= 15 is 0 Å². The number of carbonyl (C=O) groups is 1. The molecule has 0 fully saturated rings. The monoisotopic (exact) mass is 289 g/mol. The van der Waals surface area contributed by atoms with Gasteiger partial charge in [0, 0.05) is 11.0 Å². The Bertz CT molecular complexity index is 420. The molecule has 0 bridgehead atoms. The van der Waals surface area contributed by atoms with E-state index in [-0.39, 0.29) is 17.0 Å². The van der Waals surface area contributed by atoms with Crippen molar-refractivity contribution in [3.8, 4) is 0 Å². The molecule has 0 saturated heterocycles. The van der Waals surface area contributed by atoms with Gasteiger partial charge >= 0.3 is 0 Å². The lowest BCUT2D eigenvalue weighted by atomic mass is 10.1. The van der Waals surface area contributed by atoms with Crippen molar-refractivity contribution < 1.29 is 9.72 Å². The van der Waals surface area contributed by atoms with Gasteiger partial charge in [-0.25, -0.2) is 0 Å². The largest absolute Gasteiger partial charge is 0.293 e. The van der Waals surface area contributed by atoms with Crippen LogP contribution >= 0.6 is 28.6 Å². The van der Waals surface area contributed by atoms with Crippen LogP contribution in [-0.4, -0.2) is 15.5 Å². The molecule has 0 radical (unpaired) electrons. The Morgan fingerprint density at radius 2 is 2.20 bits per heavy atom. The van der Waals surface area contributed by atoms with Crippen molar-refractivity contribution in [1.82, 2.24) is 0 Å². The van der Waals surface area contributed by atoms with Gasteiger partial charge in [-0.2, -0.15) is 0 Å². The summed E-state index contributed by atoms with van der Waals surface area (Å²) in [5, 5.41) is 10.7. The van der Waals surface area contributed by atoms with E-state index in [4.69, 9.17) is 0 Å². The lowest BCUT2D eigenvalue weighted by Gasteiger charge is -2.06. The van der Waals surface area contributed by atoms with Gasteiger partial charge in [-0.3, -0.25) is 14.9 Å². The molecule has 0 heterocycles. The van der Waals surface area contributed by atoms with Crippen LogP contribution in [0.3, 0.4) is 0 Å². The first kappa shape index (κ1) is 12.2. The van der Waals surface area contributed by atoms with E-state index in [9.17, 15) is 14.9 Å². The number of alkyl halides is 1. The molecule has 0 N–H and O–H groups in total. The van der Waals surface area contributed by atoms with Crippen LogP contribution in [0, 0.1) is 10.1 Å². The number of ketones is 1. The normalized spacial score (nSPS) is 12.2. The number of benzene rings is 1. The summed E-state index contributed by atoms with van der Waals surface area (Å²) >= 11 is 7.14. The summed E-state index contributed by atoms with van der Waals surface area (Å²) in [5.41, 5.74) is -0.158. The average Bonchev–Trinajstić information content (AvgIpc) is 2.16. The highest BCUT2D eigenvalue weighted by Crippen LogP contribution is 2.27. The molecular weight excluding hydrogens is 282 g/mol. The zero-order valence-electron chi connectivity index (χ0n) is 7.81. The summed E-state index contributed by atoms with van der Waals surface area (Å²) in [7, 11) is 0. The van der Waals surface area contributed by atoms with Gasteiger partial charge < -0.3 is 0 Å². The van der Waals surface area contributed by atoms with Crippen molar-refractivity contribution in [3.63, 3.8) is 0 Å². The second-order valence-corrected chi connectivity index (χ2v) is 4.76. The van der Waals surface area contributed by atoms with Crippen molar-refractivity contribution in [2.24, 2.45) is 0 Å². The van der Waals surface area contributed by atoms with Gasteiger partial charge in [0.15, 0.2) is 5.78 Å². The standard InChI is InChI=1S/C9H8BrNO3S/c1-5(10)9(12)8-6(11(13)14)3-2-4-7(8)15/h2-5,15H,1H3. The third-order valence-electron chi connectivity index (χ3n) is 1.82.